The van der Waals surface area contributed by atoms with Crippen molar-refractivity contribution in [2.75, 3.05) is 0 Å². The molecular weight excluding hydrogens is 308 g/mol. The number of hydrogen-bond donors (Lipinski definition) is 4. The van der Waals surface area contributed by atoms with Crippen molar-refractivity contribution in [2.24, 2.45) is 0 Å². The van der Waals surface area contributed by atoms with Gasteiger partial charge in [-0.15, -0.1) is 0 Å². The molecule has 0 rings (SSSR count). The Morgan fingerprint density at radius 3 is 0.846 bits per heavy atom. The van der Waals surface area contributed by atoms with Gasteiger partial charge in [-0.3, -0.25) is 17.5 Å². The second-order valence-electron chi connectivity index (χ2n) is 0.856. The molecule has 0 unspecified atom stereocenters. The molecule has 80 valence electrons. The van der Waals surface area contributed by atoms with Crippen LogP contribution in [0.3, 0.4) is 0 Å². The van der Waals surface area contributed by atoms with Crippen LogP contribution in [0.4, 0.5) is 0 Å². The molecule has 0 aliphatic heterocycles. The zero-order chi connectivity index (χ0) is 9.00. The predicted molar refractivity (Wildman–Crippen MR) is 40.5 cm³/mol. The van der Waals surface area contributed by atoms with Crippen LogP contribution in [0.25, 0.3) is 0 Å². The Labute approximate surface area is 112 Å². The Morgan fingerprint density at radius 2 is 0.846 bits per heavy atom. The maximum absolute atomic E-state index is 8.74. The average molecular weight is 316 g/mol. The summed E-state index contributed by atoms with van der Waals surface area (Å²) in [6.07, 6.45) is 0. The van der Waals surface area contributed by atoms with Gasteiger partial charge in [-0.1, -0.05) is 0 Å². The van der Waals surface area contributed by atoms with Crippen molar-refractivity contribution in [3.63, 3.8) is 0 Å². The van der Waals surface area contributed by atoms with Crippen LogP contribution >= 0.6 is 0 Å². The summed E-state index contributed by atoms with van der Waals surface area (Å²) in [6, 6.07) is 0. The number of rotatable bonds is 0. The fourth-order valence-electron chi connectivity index (χ4n) is 0. The standard InChI is InChI=1S/2H3N.2H2O4S.Sr/c;;2*1-5(2,3)4;/h2*1H3;2*(H2,1,2,3,4);/q;;;;+2/p-2. The van der Waals surface area contributed by atoms with Crippen molar-refractivity contribution in [1.29, 1.82) is 0 Å². The van der Waals surface area contributed by atoms with Gasteiger partial charge in [-0.25, -0.2) is 0 Å². The fraction of sp³-hybridized carbons (Fsp3) is 0. The molecule has 0 aromatic heterocycles. The molecule has 10 nitrogen and oxygen atoms in total. The van der Waals surface area contributed by atoms with E-state index in [4.69, 9.17) is 35.0 Å². The van der Waals surface area contributed by atoms with Gasteiger partial charge in [0.1, 0.15) is 0 Å². The summed E-state index contributed by atoms with van der Waals surface area (Å²) in [5, 5.41) is 0. The normalized spacial score (nSPS) is 8.92. The molecule has 0 amide bonds. The van der Waals surface area contributed by atoms with E-state index in [9.17, 15) is 0 Å². The Hall–Kier alpha value is 1.14. The van der Waals surface area contributed by atoms with Crippen LogP contribution in [0, 0.1) is 0 Å². The van der Waals surface area contributed by atoms with Crippen molar-refractivity contribution in [3.8, 4) is 0 Å². The Morgan fingerprint density at radius 1 is 0.846 bits per heavy atom. The fourth-order valence-corrected chi connectivity index (χ4v) is 0. The Bertz CT molecular complexity index is 217. The van der Waals surface area contributed by atoms with Crippen LogP contribution in [0.15, 0.2) is 0 Å². The van der Waals surface area contributed by atoms with E-state index in [0.29, 0.717) is 0 Å². The third-order valence-electron chi connectivity index (χ3n) is 0. The van der Waals surface area contributed by atoms with Crippen LogP contribution < -0.4 is 12.3 Å². The minimum atomic E-state index is -5.17. The van der Waals surface area contributed by atoms with E-state index in [0.717, 1.165) is 0 Å². The zero-order valence-corrected chi connectivity index (χ0v) is 11.4. The average Bonchev–Trinajstić information content (AvgIpc) is 1.12. The van der Waals surface area contributed by atoms with E-state index in [1.54, 1.807) is 0 Å². The summed E-state index contributed by atoms with van der Waals surface area (Å²) in [5.41, 5.74) is 0. The van der Waals surface area contributed by atoms with E-state index in [-0.39, 0.29) is 57.8 Å². The molecule has 0 atom stereocenters. The molecule has 13 heteroatoms. The van der Waals surface area contributed by atoms with Gasteiger partial charge in [-0.05, 0) is 0 Å². The molecule has 0 bridgehead atoms. The van der Waals surface area contributed by atoms with E-state index in [1.165, 1.54) is 0 Å². The SMILES string of the molecule is N.N.O=S(=O)(O)O.O=S(=O)([O-])[O-].[Sr+2]. The molecule has 0 saturated heterocycles. The Kier molecular flexibility index (Phi) is 25.2. The van der Waals surface area contributed by atoms with Crippen molar-refractivity contribution < 1.29 is 35.0 Å². The van der Waals surface area contributed by atoms with Gasteiger partial charge in [0.05, 0.1) is 0 Å². The molecule has 0 heterocycles. The molecule has 13 heavy (non-hydrogen) atoms. The van der Waals surface area contributed by atoms with Crippen LogP contribution in [-0.2, 0) is 20.8 Å². The van der Waals surface area contributed by atoms with Crippen LogP contribution in [0.1, 0.15) is 0 Å². The smallest absolute Gasteiger partial charge is 0.759 e. The van der Waals surface area contributed by atoms with Gasteiger partial charge in [0, 0.05) is 10.4 Å². The second kappa shape index (κ2) is 11.2. The summed E-state index contributed by atoms with van der Waals surface area (Å²) in [4.78, 5) is 0. The monoisotopic (exact) mass is 316 g/mol. The van der Waals surface area contributed by atoms with Gasteiger partial charge in [0.25, 0.3) is 0 Å². The van der Waals surface area contributed by atoms with Crippen LogP contribution in [0.5, 0.6) is 0 Å². The molecule has 0 aliphatic carbocycles. The summed E-state index contributed by atoms with van der Waals surface area (Å²) < 4.78 is 65.7. The maximum Gasteiger partial charge on any atom is 2.00 e. The zero-order valence-electron chi connectivity index (χ0n) is 6.28. The third-order valence-corrected chi connectivity index (χ3v) is 0. The van der Waals surface area contributed by atoms with Gasteiger partial charge in [0.2, 0.25) is 0 Å². The summed E-state index contributed by atoms with van der Waals surface area (Å²) in [5.74, 6) is 0. The molecular formula is H8N2O8S2Sr. The summed E-state index contributed by atoms with van der Waals surface area (Å²) >= 11 is 0. The second-order valence-corrected chi connectivity index (χ2v) is 2.57. The first-order valence-electron chi connectivity index (χ1n) is 1.37. The molecule has 0 fully saturated rings. The summed E-state index contributed by atoms with van der Waals surface area (Å²) in [7, 11) is -9.83. The molecule has 8 N–H and O–H groups in total. The number of hydrogen-bond acceptors (Lipinski definition) is 8. The maximum atomic E-state index is 8.74. The predicted octanol–water partition coefficient (Wildman–Crippen LogP) is -2.05. The van der Waals surface area contributed by atoms with E-state index in [2.05, 4.69) is 0 Å². The quantitative estimate of drug-likeness (QED) is 0.217. The van der Waals surface area contributed by atoms with Gasteiger partial charge < -0.3 is 21.4 Å². The van der Waals surface area contributed by atoms with Crippen LogP contribution in [0.2, 0.25) is 0 Å². The van der Waals surface area contributed by atoms with Crippen molar-refractivity contribution in [1.82, 2.24) is 12.3 Å². The van der Waals surface area contributed by atoms with E-state index < -0.39 is 20.8 Å². The molecule has 0 aromatic carbocycles. The molecule has 0 aliphatic rings. The van der Waals surface area contributed by atoms with Gasteiger partial charge in [-0.2, -0.15) is 8.42 Å². The van der Waals surface area contributed by atoms with E-state index >= 15 is 0 Å². The first kappa shape index (κ1) is 29.2. The first-order valence-corrected chi connectivity index (χ1v) is 4.10. The Balaban J connectivity index is -0.0000000267. The van der Waals surface area contributed by atoms with E-state index in [1.807, 2.05) is 0 Å². The molecule has 0 radical (unpaired) electrons. The topological polar surface area (TPSA) is 225 Å². The largest absolute Gasteiger partial charge is 2.00 e. The third kappa shape index (κ3) is 1250. The minimum Gasteiger partial charge on any atom is -0.759 e. The minimum absolute atomic E-state index is 0. The first-order chi connectivity index (χ1) is 4.00. The van der Waals surface area contributed by atoms with Gasteiger partial charge >= 0.3 is 55.9 Å². The molecule has 0 saturated carbocycles. The van der Waals surface area contributed by atoms with Crippen molar-refractivity contribution in [2.45, 2.75) is 0 Å². The summed E-state index contributed by atoms with van der Waals surface area (Å²) in [6.45, 7) is 0. The van der Waals surface area contributed by atoms with Crippen LogP contribution in [-0.4, -0.2) is 80.5 Å². The van der Waals surface area contributed by atoms with Gasteiger partial charge in [0.15, 0.2) is 0 Å². The van der Waals surface area contributed by atoms with Crippen molar-refractivity contribution >= 4 is 66.3 Å². The molecule has 0 aromatic rings. The molecule has 0 spiro atoms. The van der Waals surface area contributed by atoms with Crippen molar-refractivity contribution in [3.05, 3.63) is 0 Å².